The predicted molar refractivity (Wildman–Crippen MR) is 96.5 cm³/mol. The van der Waals surface area contributed by atoms with Crippen molar-refractivity contribution in [1.82, 2.24) is 4.90 Å². The summed E-state index contributed by atoms with van der Waals surface area (Å²) in [4.78, 5) is 28.4. The third-order valence-corrected chi connectivity index (χ3v) is 5.04. The summed E-state index contributed by atoms with van der Waals surface area (Å²) in [6, 6.07) is 6.07. The average Bonchev–Trinajstić information content (AvgIpc) is 2.52. The minimum atomic E-state index is -0.103. The predicted octanol–water partition coefficient (Wildman–Crippen LogP) is 3.90. The lowest BCUT2D eigenvalue weighted by Gasteiger charge is -2.36. The number of likely N-dealkylation sites (tertiary alicyclic amines) is 1. The molecule has 0 radical (unpaired) electrons. The first-order valence-electron chi connectivity index (χ1n) is 8.27. The van der Waals surface area contributed by atoms with E-state index in [1.165, 1.54) is 13.3 Å². The monoisotopic (exact) mass is 380 g/mol. The summed E-state index contributed by atoms with van der Waals surface area (Å²) in [7, 11) is 0. The van der Waals surface area contributed by atoms with Crippen molar-refractivity contribution >= 4 is 33.4 Å². The average molecular weight is 381 g/mol. The van der Waals surface area contributed by atoms with Gasteiger partial charge in [-0.25, -0.2) is 0 Å². The molecular weight excluding hydrogens is 356 g/mol. The van der Waals surface area contributed by atoms with Gasteiger partial charge in [-0.15, -0.1) is 0 Å². The molecule has 1 aliphatic heterocycles. The van der Waals surface area contributed by atoms with Gasteiger partial charge in [0.05, 0.1) is 0 Å². The molecule has 0 N–H and O–H groups in total. The maximum Gasteiger partial charge on any atom is 0.242 e. The van der Waals surface area contributed by atoms with Crippen LogP contribution in [0.5, 0.6) is 0 Å². The number of halogens is 1. The maximum absolute atomic E-state index is 12.8. The lowest BCUT2D eigenvalue weighted by Crippen LogP contribution is -2.48. The van der Waals surface area contributed by atoms with Crippen molar-refractivity contribution in [3.05, 3.63) is 28.2 Å². The van der Waals surface area contributed by atoms with E-state index in [0.717, 1.165) is 41.5 Å². The van der Waals surface area contributed by atoms with Crippen molar-refractivity contribution in [3.8, 4) is 0 Å². The molecule has 0 aliphatic carbocycles. The second kappa shape index (κ2) is 7.95. The Morgan fingerprint density at radius 3 is 2.70 bits per heavy atom. The van der Waals surface area contributed by atoms with Crippen LogP contribution in [0.25, 0.3) is 0 Å². The van der Waals surface area contributed by atoms with Crippen LogP contribution < -0.4 is 4.90 Å². The quantitative estimate of drug-likeness (QED) is 0.794. The summed E-state index contributed by atoms with van der Waals surface area (Å²) in [5.74, 6) is -0.0529. The summed E-state index contributed by atoms with van der Waals surface area (Å²) in [6.07, 6.45) is 4.28. The fourth-order valence-electron chi connectivity index (χ4n) is 3.27. The van der Waals surface area contributed by atoms with E-state index in [1.807, 2.05) is 30.0 Å². The van der Waals surface area contributed by atoms with Gasteiger partial charge in [0.1, 0.15) is 6.54 Å². The number of piperidine rings is 1. The molecule has 0 bridgehead atoms. The standard InChI is InChI=1S/C18H25BrN2O2/c1-4-16-7-5-6-10-20(16)18(23)12-21(14(3)22)17-9-8-15(19)11-13(17)2/h8-9,11,16H,4-7,10,12H2,1-3H3. The van der Waals surface area contributed by atoms with Crippen molar-refractivity contribution in [2.75, 3.05) is 18.0 Å². The third kappa shape index (κ3) is 4.34. The minimum absolute atomic E-state index is 0.0501. The van der Waals surface area contributed by atoms with Crippen LogP contribution in [0.2, 0.25) is 0 Å². The summed E-state index contributed by atoms with van der Waals surface area (Å²) in [5, 5.41) is 0. The molecule has 23 heavy (non-hydrogen) atoms. The van der Waals surface area contributed by atoms with Gasteiger partial charge in [0.15, 0.2) is 0 Å². The lowest BCUT2D eigenvalue weighted by atomic mass is 10.00. The van der Waals surface area contributed by atoms with E-state index >= 15 is 0 Å². The zero-order chi connectivity index (χ0) is 17.0. The van der Waals surface area contributed by atoms with Gasteiger partial charge in [0, 0.05) is 29.7 Å². The van der Waals surface area contributed by atoms with Crippen LogP contribution in [0.3, 0.4) is 0 Å². The number of carbonyl (C=O) groups excluding carboxylic acids is 2. The van der Waals surface area contributed by atoms with Gasteiger partial charge in [0.2, 0.25) is 11.8 Å². The summed E-state index contributed by atoms with van der Waals surface area (Å²) >= 11 is 3.43. The SMILES string of the molecule is CCC1CCCCN1C(=O)CN(C(C)=O)c1ccc(Br)cc1C. The molecular formula is C18H25BrN2O2. The molecule has 1 fully saturated rings. The number of hydrogen-bond donors (Lipinski definition) is 0. The van der Waals surface area contributed by atoms with Crippen LogP contribution in [0.1, 0.15) is 45.1 Å². The molecule has 1 heterocycles. The Morgan fingerprint density at radius 1 is 1.35 bits per heavy atom. The second-order valence-electron chi connectivity index (χ2n) is 6.18. The van der Waals surface area contributed by atoms with Crippen LogP contribution in [-0.2, 0) is 9.59 Å². The van der Waals surface area contributed by atoms with E-state index < -0.39 is 0 Å². The number of amides is 2. The normalized spacial score (nSPS) is 17.9. The Balaban J connectivity index is 2.19. The largest absolute Gasteiger partial charge is 0.338 e. The molecule has 0 aromatic heterocycles. The molecule has 126 valence electrons. The van der Waals surface area contributed by atoms with E-state index in [4.69, 9.17) is 0 Å². The highest BCUT2D eigenvalue weighted by atomic mass is 79.9. The highest BCUT2D eigenvalue weighted by Crippen LogP contribution is 2.25. The Labute approximate surface area is 147 Å². The van der Waals surface area contributed by atoms with Gasteiger partial charge in [-0.1, -0.05) is 22.9 Å². The fraction of sp³-hybridized carbons (Fsp3) is 0.556. The topological polar surface area (TPSA) is 40.6 Å². The molecule has 0 saturated carbocycles. The van der Waals surface area contributed by atoms with Crippen LogP contribution in [0.15, 0.2) is 22.7 Å². The molecule has 1 aliphatic rings. The molecule has 2 rings (SSSR count). The van der Waals surface area contributed by atoms with Crippen molar-refractivity contribution in [3.63, 3.8) is 0 Å². The Bertz CT molecular complexity index is 588. The summed E-state index contributed by atoms with van der Waals surface area (Å²) < 4.78 is 0.968. The first kappa shape index (κ1) is 18.0. The van der Waals surface area contributed by atoms with Crippen molar-refractivity contribution in [2.24, 2.45) is 0 Å². The molecule has 4 nitrogen and oxygen atoms in total. The Morgan fingerprint density at radius 2 is 2.09 bits per heavy atom. The van der Waals surface area contributed by atoms with E-state index in [2.05, 4.69) is 22.9 Å². The first-order chi connectivity index (χ1) is 10.9. The molecule has 1 atom stereocenters. The number of anilines is 1. The molecule has 1 aromatic carbocycles. The Kier molecular flexibility index (Phi) is 6.22. The second-order valence-corrected chi connectivity index (χ2v) is 7.10. The highest BCUT2D eigenvalue weighted by Gasteiger charge is 2.28. The highest BCUT2D eigenvalue weighted by molar-refractivity contribution is 9.10. The van der Waals surface area contributed by atoms with Crippen molar-refractivity contribution in [1.29, 1.82) is 0 Å². The van der Waals surface area contributed by atoms with Crippen LogP contribution >= 0.6 is 15.9 Å². The van der Waals surface area contributed by atoms with Crippen molar-refractivity contribution in [2.45, 2.75) is 52.5 Å². The van der Waals surface area contributed by atoms with E-state index in [-0.39, 0.29) is 18.4 Å². The summed E-state index contributed by atoms with van der Waals surface area (Å²) in [5.41, 5.74) is 1.78. The lowest BCUT2D eigenvalue weighted by molar-refractivity contribution is -0.134. The minimum Gasteiger partial charge on any atom is -0.338 e. The Hall–Kier alpha value is -1.36. The number of benzene rings is 1. The number of aryl methyl sites for hydroxylation is 1. The zero-order valence-electron chi connectivity index (χ0n) is 14.1. The van der Waals surface area contributed by atoms with Gasteiger partial charge < -0.3 is 9.80 Å². The molecule has 0 spiro atoms. The van der Waals surface area contributed by atoms with Crippen LogP contribution in [-0.4, -0.2) is 35.8 Å². The molecule has 1 saturated heterocycles. The van der Waals surface area contributed by atoms with Gasteiger partial charge in [-0.3, -0.25) is 9.59 Å². The summed E-state index contributed by atoms with van der Waals surface area (Å²) in [6.45, 7) is 6.52. The molecule has 1 unspecified atom stereocenters. The molecule has 2 amide bonds. The third-order valence-electron chi connectivity index (χ3n) is 4.54. The smallest absolute Gasteiger partial charge is 0.242 e. The number of carbonyl (C=O) groups is 2. The van der Waals surface area contributed by atoms with Gasteiger partial charge in [0.25, 0.3) is 0 Å². The molecule has 1 aromatic rings. The molecule has 5 heteroatoms. The van der Waals surface area contributed by atoms with E-state index in [9.17, 15) is 9.59 Å². The number of rotatable bonds is 4. The van der Waals surface area contributed by atoms with Crippen molar-refractivity contribution < 1.29 is 9.59 Å². The first-order valence-corrected chi connectivity index (χ1v) is 9.07. The maximum atomic E-state index is 12.8. The van der Waals surface area contributed by atoms with Gasteiger partial charge >= 0.3 is 0 Å². The zero-order valence-corrected chi connectivity index (χ0v) is 15.7. The fourth-order valence-corrected chi connectivity index (χ4v) is 3.74. The number of hydrogen-bond acceptors (Lipinski definition) is 2. The number of nitrogens with zero attached hydrogens (tertiary/aromatic N) is 2. The van der Waals surface area contributed by atoms with E-state index in [0.29, 0.717) is 6.04 Å². The van der Waals surface area contributed by atoms with Crippen LogP contribution in [0, 0.1) is 6.92 Å². The van der Waals surface area contributed by atoms with Gasteiger partial charge in [-0.2, -0.15) is 0 Å². The van der Waals surface area contributed by atoms with Crippen LogP contribution in [0.4, 0.5) is 5.69 Å². The van der Waals surface area contributed by atoms with E-state index in [1.54, 1.807) is 4.90 Å². The van der Waals surface area contributed by atoms with Gasteiger partial charge in [-0.05, 0) is 56.4 Å².